The van der Waals surface area contributed by atoms with Crippen LogP contribution in [-0.2, 0) is 0 Å². The third-order valence-corrected chi connectivity index (χ3v) is 0.673. The summed E-state index contributed by atoms with van der Waals surface area (Å²) in [5, 5.41) is 5.55. The molecular formula is C3H5KN3O2. The second-order valence-electron chi connectivity index (χ2n) is 1.19. The molecule has 0 spiro atoms. The van der Waals surface area contributed by atoms with Crippen molar-refractivity contribution in [1.82, 2.24) is 15.2 Å². The van der Waals surface area contributed by atoms with Crippen molar-refractivity contribution in [3.05, 3.63) is 10.5 Å². The van der Waals surface area contributed by atoms with Crippen molar-refractivity contribution in [3.8, 4) is 6.01 Å². The fraction of sp³-hybridized carbons (Fsp3) is 0.333. The Labute approximate surface area is 93.6 Å². The molecule has 0 aliphatic heterocycles. The number of hydrogen-bond donors (Lipinski definition) is 2. The average molecular weight is 154 g/mol. The van der Waals surface area contributed by atoms with E-state index < -0.39 is 0 Å². The van der Waals surface area contributed by atoms with Crippen molar-refractivity contribution in [2.75, 3.05) is 7.11 Å². The number of H-pyrrole nitrogens is 2. The summed E-state index contributed by atoms with van der Waals surface area (Å²) in [6, 6.07) is 0.204. The van der Waals surface area contributed by atoms with E-state index in [1.54, 1.807) is 0 Å². The van der Waals surface area contributed by atoms with Gasteiger partial charge in [0.05, 0.1) is 7.11 Å². The SMILES string of the molecule is COc1n[nH]c(=O)[nH]1.[K]. The van der Waals surface area contributed by atoms with Crippen LogP contribution in [0.15, 0.2) is 4.79 Å². The molecule has 2 N–H and O–H groups in total. The number of aromatic amines is 2. The topological polar surface area (TPSA) is 70.8 Å². The summed E-state index contributed by atoms with van der Waals surface area (Å²) < 4.78 is 4.54. The molecule has 1 heterocycles. The summed E-state index contributed by atoms with van der Waals surface area (Å²) in [5.74, 6) is 0. The molecule has 45 valence electrons. The molecule has 9 heavy (non-hydrogen) atoms. The van der Waals surface area contributed by atoms with Gasteiger partial charge in [0.15, 0.2) is 0 Å². The molecular weight excluding hydrogens is 149 g/mol. The third-order valence-electron chi connectivity index (χ3n) is 0.673. The van der Waals surface area contributed by atoms with Crippen LogP contribution in [0.2, 0.25) is 0 Å². The first kappa shape index (κ1) is 9.38. The van der Waals surface area contributed by atoms with Crippen LogP contribution in [0.1, 0.15) is 0 Å². The van der Waals surface area contributed by atoms with Crippen LogP contribution in [-0.4, -0.2) is 73.7 Å². The predicted octanol–water partition coefficient (Wildman–Crippen LogP) is -1.27. The zero-order valence-corrected chi connectivity index (χ0v) is 8.39. The Morgan fingerprint density at radius 2 is 2.33 bits per heavy atom. The van der Waals surface area contributed by atoms with Crippen molar-refractivity contribution in [2.45, 2.75) is 0 Å². The number of hydrogen-bond acceptors (Lipinski definition) is 3. The van der Waals surface area contributed by atoms with Crippen molar-refractivity contribution in [1.29, 1.82) is 0 Å². The van der Waals surface area contributed by atoms with Crippen LogP contribution in [0.3, 0.4) is 0 Å². The van der Waals surface area contributed by atoms with E-state index >= 15 is 0 Å². The summed E-state index contributed by atoms with van der Waals surface area (Å²) in [5.41, 5.74) is -0.359. The smallest absolute Gasteiger partial charge is 0.343 e. The molecule has 5 nitrogen and oxygen atoms in total. The molecule has 1 radical (unpaired) electrons. The summed E-state index contributed by atoms with van der Waals surface area (Å²) in [7, 11) is 1.42. The summed E-state index contributed by atoms with van der Waals surface area (Å²) >= 11 is 0. The fourth-order valence-corrected chi connectivity index (χ4v) is 0.351. The monoisotopic (exact) mass is 154 g/mol. The fourth-order valence-electron chi connectivity index (χ4n) is 0.351. The van der Waals surface area contributed by atoms with Gasteiger partial charge >= 0.3 is 11.7 Å². The molecule has 0 unspecified atom stereocenters. The van der Waals surface area contributed by atoms with Gasteiger partial charge in [-0.2, -0.15) is 0 Å². The molecule has 0 aliphatic rings. The molecule has 0 saturated heterocycles. The average Bonchev–Trinajstić information content (AvgIpc) is 2.14. The maximum Gasteiger partial charge on any atom is 0.343 e. The largest absolute Gasteiger partial charge is 0.467 e. The van der Waals surface area contributed by atoms with E-state index in [0.29, 0.717) is 0 Å². The van der Waals surface area contributed by atoms with Gasteiger partial charge in [0.2, 0.25) is 0 Å². The van der Waals surface area contributed by atoms with Gasteiger partial charge < -0.3 is 4.74 Å². The van der Waals surface area contributed by atoms with Crippen LogP contribution >= 0.6 is 0 Å². The quantitative estimate of drug-likeness (QED) is 0.495. The minimum absolute atomic E-state index is 0. The first-order valence-corrected chi connectivity index (χ1v) is 2.01. The molecule has 0 aromatic carbocycles. The van der Waals surface area contributed by atoms with Crippen molar-refractivity contribution >= 4 is 51.4 Å². The number of nitrogens with one attached hydrogen (secondary N) is 2. The Morgan fingerprint density at radius 1 is 1.67 bits per heavy atom. The van der Waals surface area contributed by atoms with Gasteiger partial charge in [0.1, 0.15) is 0 Å². The molecule has 1 aromatic heterocycles. The van der Waals surface area contributed by atoms with Gasteiger partial charge in [0.25, 0.3) is 0 Å². The normalized spacial score (nSPS) is 8.11. The van der Waals surface area contributed by atoms with Crippen LogP contribution in [0.5, 0.6) is 6.01 Å². The number of methoxy groups -OCH3 is 1. The zero-order valence-electron chi connectivity index (χ0n) is 5.26. The summed E-state index contributed by atoms with van der Waals surface area (Å²) in [4.78, 5) is 12.5. The Hall–Kier alpha value is 0.376. The van der Waals surface area contributed by atoms with E-state index in [2.05, 4.69) is 19.9 Å². The van der Waals surface area contributed by atoms with E-state index in [1.807, 2.05) is 0 Å². The van der Waals surface area contributed by atoms with E-state index in [9.17, 15) is 4.79 Å². The zero-order chi connectivity index (χ0) is 5.98. The van der Waals surface area contributed by atoms with E-state index in [0.717, 1.165) is 0 Å². The van der Waals surface area contributed by atoms with Gasteiger partial charge in [0, 0.05) is 51.4 Å². The molecule has 1 rings (SSSR count). The molecule has 0 bridgehead atoms. The first-order valence-electron chi connectivity index (χ1n) is 2.01. The van der Waals surface area contributed by atoms with Gasteiger partial charge in [-0.15, -0.1) is 5.10 Å². The van der Waals surface area contributed by atoms with Crippen LogP contribution in [0.4, 0.5) is 0 Å². The maximum absolute atomic E-state index is 10.2. The van der Waals surface area contributed by atoms with Gasteiger partial charge in [-0.25, -0.2) is 9.89 Å². The molecule has 0 saturated carbocycles. The minimum atomic E-state index is -0.359. The second-order valence-corrected chi connectivity index (χ2v) is 1.19. The standard InChI is InChI=1S/C3H5N3O2.K/c1-8-3-4-2(7)5-6-3;/h1H3,(H2,4,5,6,7);. The number of rotatable bonds is 1. The summed E-state index contributed by atoms with van der Waals surface area (Å²) in [6.45, 7) is 0. The molecule has 6 heteroatoms. The second kappa shape index (κ2) is 4.23. The Kier molecular flexibility index (Phi) is 4.41. The van der Waals surface area contributed by atoms with Gasteiger partial charge in [-0.1, -0.05) is 0 Å². The Balaban J connectivity index is 0.000000640. The Bertz CT molecular complexity index is 217. The van der Waals surface area contributed by atoms with Crippen LogP contribution in [0.25, 0.3) is 0 Å². The summed E-state index contributed by atoms with van der Waals surface area (Å²) in [6.07, 6.45) is 0. The number of nitrogens with zero attached hydrogens (tertiary/aromatic N) is 1. The van der Waals surface area contributed by atoms with Crippen molar-refractivity contribution < 1.29 is 4.74 Å². The Morgan fingerprint density at radius 3 is 2.56 bits per heavy atom. The minimum Gasteiger partial charge on any atom is -0.467 e. The molecule has 0 atom stereocenters. The van der Waals surface area contributed by atoms with Gasteiger partial charge in [-0.05, 0) is 0 Å². The van der Waals surface area contributed by atoms with E-state index in [4.69, 9.17) is 0 Å². The molecule has 1 aromatic rings. The first-order chi connectivity index (χ1) is 3.83. The third kappa shape index (κ3) is 2.63. The molecule has 0 aliphatic carbocycles. The van der Waals surface area contributed by atoms with E-state index in [-0.39, 0.29) is 63.1 Å². The van der Waals surface area contributed by atoms with Crippen molar-refractivity contribution in [2.24, 2.45) is 0 Å². The maximum atomic E-state index is 10.2. The van der Waals surface area contributed by atoms with Crippen LogP contribution < -0.4 is 10.4 Å². The number of ether oxygens (including phenoxy) is 1. The molecule has 0 amide bonds. The van der Waals surface area contributed by atoms with Crippen LogP contribution in [0, 0.1) is 0 Å². The molecule has 0 fully saturated rings. The number of aromatic nitrogens is 3. The van der Waals surface area contributed by atoms with E-state index in [1.165, 1.54) is 7.11 Å². The van der Waals surface area contributed by atoms with Gasteiger partial charge in [-0.3, -0.25) is 4.98 Å². The predicted molar refractivity (Wildman–Crippen MR) is 31.5 cm³/mol. The van der Waals surface area contributed by atoms with Crippen molar-refractivity contribution in [3.63, 3.8) is 0 Å².